The zero-order valence-corrected chi connectivity index (χ0v) is 29.5. The van der Waals surface area contributed by atoms with E-state index in [4.69, 9.17) is 14.3 Å². The number of amides is 1. The minimum atomic E-state index is -1.83. The highest BCUT2D eigenvalue weighted by Gasteiger charge is 2.58. The Morgan fingerprint density at radius 1 is 0.727 bits per heavy atom. The molecular weight excluding hydrogens is 556 g/mol. The third kappa shape index (κ3) is 12.3. The molecule has 44 heavy (non-hydrogen) atoms. The molecule has 2 aliphatic rings. The van der Waals surface area contributed by atoms with Gasteiger partial charge in [0.15, 0.2) is 0 Å². The summed E-state index contributed by atoms with van der Waals surface area (Å²) in [5, 5.41) is 1.84. The van der Waals surface area contributed by atoms with Crippen molar-refractivity contribution in [3.63, 3.8) is 0 Å². The van der Waals surface area contributed by atoms with E-state index in [0.717, 1.165) is 51.4 Å². The number of ether oxygens (including phenoxy) is 2. The molecule has 0 N–H and O–H groups in total. The van der Waals surface area contributed by atoms with E-state index in [9.17, 15) is 14.4 Å². The molecule has 1 saturated carbocycles. The van der Waals surface area contributed by atoms with E-state index in [0.29, 0.717) is 12.8 Å². The maximum absolute atomic E-state index is 14.2. The first kappa shape index (κ1) is 38.5. The summed E-state index contributed by atoms with van der Waals surface area (Å²) in [7, 11) is 0. The molecule has 2 rings (SSSR count). The third-order valence-corrected chi connectivity index (χ3v) is 9.24. The molecule has 0 atom stereocenters. The van der Waals surface area contributed by atoms with Crippen LogP contribution in [0.1, 0.15) is 183 Å². The van der Waals surface area contributed by atoms with Gasteiger partial charge in [0.05, 0.1) is 11.6 Å². The van der Waals surface area contributed by atoms with Crippen LogP contribution >= 0.6 is 0 Å². The summed E-state index contributed by atoms with van der Waals surface area (Å²) >= 11 is 0. The number of hydrogen-bond acceptors (Lipinski definition) is 7. The van der Waals surface area contributed by atoms with Crippen LogP contribution < -0.4 is 0 Å². The fourth-order valence-corrected chi connectivity index (χ4v) is 6.73. The summed E-state index contributed by atoms with van der Waals surface area (Å²) in [5.74, 6) is -3.02. The van der Waals surface area contributed by atoms with Gasteiger partial charge in [-0.1, -0.05) is 110 Å². The van der Waals surface area contributed by atoms with E-state index in [1.807, 2.05) is 32.8 Å². The SMILES string of the molecule is CCCCCCCCCC(=O)OC(C)(OC(=O)CCCCCCCCC)N1CC(C)(C)N(OC2CCCCC2)C(C)(C)C1=O. The van der Waals surface area contributed by atoms with Crippen LogP contribution in [-0.4, -0.2) is 57.4 Å². The van der Waals surface area contributed by atoms with Crippen molar-refractivity contribution in [1.82, 2.24) is 9.96 Å². The molecular formula is C36H66N2O6. The Balaban J connectivity index is 2.13. The molecule has 1 amide bonds. The standard InChI is InChI=1S/C36H66N2O6/c1-8-10-12-14-16-18-23-27-31(39)42-36(7,43-32(40)28-24-19-17-15-13-11-9-2)37-29-34(3,4)38(35(5,6)33(37)41)44-30-25-21-20-22-26-30/h30H,8-29H2,1-7H3. The number of rotatable bonds is 21. The molecule has 1 aliphatic carbocycles. The molecule has 2 fully saturated rings. The number of unbranched alkanes of at least 4 members (excludes halogenated alkanes) is 12. The van der Waals surface area contributed by atoms with Crippen LogP contribution in [0.2, 0.25) is 0 Å². The van der Waals surface area contributed by atoms with E-state index >= 15 is 0 Å². The maximum atomic E-state index is 14.2. The molecule has 0 unspecified atom stereocenters. The number of esters is 2. The van der Waals surface area contributed by atoms with Crippen molar-refractivity contribution >= 4 is 17.8 Å². The Hall–Kier alpha value is -1.67. The second kappa shape index (κ2) is 19.1. The third-order valence-electron chi connectivity index (χ3n) is 9.24. The predicted octanol–water partition coefficient (Wildman–Crippen LogP) is 8.99. The molecule has 8 heteroatoms. The molecule has 0 aromatic heterocycles. The molecule has 0 aromatic carbocycles. The van der Waals surface area contributed by atoms with Gasteiger partial charge in [0.25, 0.3) is 5.91 Å². The monoisotopic (exact) mass is 622 g/mol. The smallest absolute Gasteiger partial charge is 0.341 e. The zero-order chi connectivity index (χ0) is 32.6. The Morgan fingerprint density at radius 2 is 1.16 bits per heavy atom. The van der Waals surface area contributed by atoms with Crippen molar-refractivity contribution in [2.24, 2.45) is 0 Å². The Kier molecular flexibility index (Phi) is 16.7. The highest BCUT2D eigenvalue weighted by atomic mass is 16.8. The molecule has 1 heterocycles. The summed E-state index contributed by atoms with van der Waals surface area (Å²) in [6.45, 7) is 13.9. The Bertz CT molecular complexity index is 835. The van der Waals surface area contributed by atoms with Crippen LogP contribution in [-0.2, 0) is 28.7 Å². The highest BCUT2D eigenvalue weighted by Crippen LogP contribution is 2.39. The summed E-state index contributed by atoms with van der Waals surface area (Å²) in [4.78, 5) is 48.5. The zero-order valence-electron chi connectivity index (χ0n) is 29.5. The average molecular weight is 623 g/mol. The van der Waals surface area contributed by atoms with Crippen molar-refractivity contribution in [1.29, 1.82) is 0 Å². The van der Waals surface area contributed by atoms with Gasteiger partial charge in [-0.3, -0.25) is 24.1 Å². The molecule has 0 aromatic rings. The fourth-order valence-electron chi connectivity index (χ4n) is 6.73. The number of nitrogens with zero attached hydrogens (tertiary/aromatic N) is 2. The largest absolute Gasteiger partial charge is 0.404 e. The van der Waals surface area contributed by atoms with Crippen molar-refractivity contribution < 1.29 is 28.7 Å². The van der Waals surface area contributed by atoms with Gasteiger partial charge in [-0.05, 0) is 53.4 Å². The van der Waals surface area contributed by atoms with Crippen LogP contribution in [0.3, 0.4) is 0 Å². The van der Waals surface area contributed by atoms with Gasteiger partial charge in [0, 0.05) is 26.3 Å². The Labute approximate surface area is 269 Å². The average Bonchev–Trinajstić information content (AvgIpc) is 2.97. The van der Waals surface area contributed by atoms with Crippen LogP contribution in [0.5, 0.6) is 0 Å². The van der Waals surface area contributed by atoms with E-state index in [1.165, 1.54) is 62.7 Å². The lowest BCUT2D eigenvalue weighted by molar-refractivity contribution is -0.334. The number of hydroxylamine groups is 2. The topological polar surface area (TPSA) is 85.4 Å². The van der Waals surface area contributed by atoms with Crippen molar-refractivity contribution in [2.75, 3.05) is 6.54 Å². The van der Waals surface area contributed by atoms with Gasteiger partial charge in [-0.25, -0.2) is 0 Å². The summed E-state index contributed by atoms with van der Waals surface area (Å²) in [5.41, 5.74) is -1.68. The van der Waals surface area contributed by atoms with Crippen molar-refractivity contribution in [3.05, 3.63) is 0 Å². The maximum Gasteiger partial charge on any atom is 0.341 e. The first-order valence-electron chi connectivity index (χ1n) is 18.1. The quantitative estimate of drug-likeness (QED) is 0.0717. The van der Waals surface area contributed by atoms with Crippen LogP contribution in [0.15, 0.2) is 0 Å². The van der Waals surface area contributed by atoms with Crippen molar-refractivity contribution in [2.45, 2.75) is 206 Å². The first-order valence-corrected chi connectivity index (χ1v) is 18.1. The van der Waals surface area contributed by atoms with Gasteiger partial charge < -0.3 is 9.47 Å². The second-order valence-electron chi connectivity index (χ2n) is 14.5. The predicted molar refractivity (Wildman–Crippen MR) is 175 cm³/mol. The molecule has 1 saturated heterocycles. The minimum Gasteiger partial charge on any atom is -0.404 e. The van der Waals surface area contributed by atoms with Crippen LogP contribution in [0.25, 0.3) is 0 Å². The Morgan fingerprint density at radius 3 is 1.61 bits per heavy atom. The van der Waals surface area contributed by atoms with Crippen molar-refractivity contribution in [3.8, 4) is 0 Å². The highest BCUT2D eigenvalue weighted by molar-refractivity contribution is 5.87. The van der Waals surface area contributed by atoms with Crippen LogP contribution in [0.4, 0.5) is 0 Å². The molecule has 0 spiro atoms. The van der Waals surface area contributed by atoms with E-state index in [-0.39, 0.29) is 31.4 Å². The number of carbonyl (C=O) groups is 3. The molecule has 256 valence electrons. The first-order chi connectivity index (χ1) is 20.9. The fraction of sp³-hybridized carbons (Fsp3) is 0.917. The second-order valence-corrected chi connectivity index (χ2v) is 14.5. The lowest BCUT2D eigenvalue weighted by Gasteiger charge is -2.57. The lowest BCUT2D eigenvalue weighted by Crippen LogP contribution is -2.75. The van der Waals surface area contributed by atoms with Gasteiger partial charge in [0.2, 0.25) is 0 Å². The van der Waals surface area contributed by atoms with E-state index in [1.54, 1.807) is 6.92 Å². The van der Waals surface area contributed by atoms with Crippen LogP contribution in [0, 0.1) is 0 Å². The van der Waals surface area contributed by atoms with E-state index < -0.39 is 28.9 Å². The minimum absolute atomic E-state index is 0.0765. The van der Waals surface area contributed by atoms with Gasteiger partial charge >= 0.3 is 17.8 Å². The lowest BCUT2D eigenvalue weighted by atomic mass is 9.89. The normalized spacial score (nSPS) is 19.2. The summed E-state index contributed by atoms with van der Waals surface area (Å²) in [6.07, 6.45) is 21.1. The number of carbonyl (C=O) groups excluding carboxylic acids is 3. The van der Waals surface area contributed by atoms with Gasteiger partial charge in [-0.15, -0.1) is 0 Å². The number of piperazine rings is 1. The molecule has 0 radical (unpaired) electrons. The summed E-state index contributed by atoms with van der Waals surface area (Å²) in [6, 6.07) is 0. The molecule has 8 nitrogen and oxygen atoms in total. The van der Waals surface area contributed by atoms with Gasteiger partial charge in [0.1, 0.15) is 5.54 Å². The number of hydrogen-bond donors (Lipinski definition) is 0. The summed E-state index contributed by atoms with van der Waals surface area (Å²) < 4.78 is 11.9. The van der Waals surface area contributed by atoms with E-state index in [2.05, 4.69) is 13.8 Å². The van der Waals surface area contributed by atoms with Gasteiger partial charge in [-0.2, -0.15) is 5.06 Å². The molecule has 0 bridgehead atoms. The molecule has 1 aliphatic heterocycles.